The van der Waals surface area contributed by atoms with Gasteiger partial charge in [-0.2, -0.15) is 17.6 Å². The van der Waals surface area contributed by atoms with Gasteiger partial charge in [0.2, 0.25) is 5.97 Å². The number of carbonyl (C=O) groups is 1. The normalized spacial score (nSPS) is 13.0. The molecule has 160 valence electrons. The van der Waals surface area contributed by atoms with Gasteiger partial charge in [0.25, 0.3) is 5.91 Å². The average Bonchev–Trinajstić information content (AvgIpc) is 2.64. The number of ether oxygens (including phenoxy) is 1. The maximum atomic E-state index is 13.9. The topological polar surface area (TPSA) is 76.7 Å². The van der Waals surface area contributed by atoms with Crippen molar-refractivity contribution in [2.75, 3.05) is 12.4 Å². The Morgan fingerprint density at radius 2 is 1.83 bits per heavy atom. The second-order valence-electron chi connectivity index (χ2n) is 5.91. The van der Waals surface area contributed by atoms with Crippen molar-refractivity contribution in [1.29, 1.82) is 0 Å². The molecule has 0 spiro atoms. The number of aliphatic imine (C=N–C) groups is 1. The molecule has 0 aromatic heterocycles. The highest BCUT2D eigenvalue weighted by molar-refractivity contribution is 14.1. The first-order valence-corrected chi connectivity index (χ1v) is 9.26. The molecule has 1 amide bonds. The molecule has 0 heterocycles. The second-order valence-corrected chi connectivity index (χ2v) is 7.07. The summed E-state index contributed by atoms with van der Waals surface area (Å²) in [5.74, 6) is -3.00. The Morgan fingerprint density at radius 3 is 2.37 bits per heavy atom. The van der Waals surface area contributed by atoms with Crippen LogP contribution in [0.3, 0.4) is 0 Å². The number of amides is 1. The minimum absolute atomic E-state index is 0.00299. The van der Waals surface area contributed by atoms with Crippen LogP contribution >= 0.6 is 22.6 Å². The maximum Gasteiger partial charge on any atom is 0.416 e. The van der Waals surface area contributed by atoms with E-state index < -0.39 is 35.0 Å². The first-order chi connectivity index (χ1) is 13.9. The van der Waals surface area contributed by atoms with Crippen molar-refractivity contribution in [3.8, 4) is 11.5 Å². The molecule has 11 heteroatoms. The van der Waals surface area contributed by atoms with E-state index in [1.54, 1.807) is 22.6 Å². The van der Waals surface area contributed by atoms with Crippen molar-refractivity contribution in [2.24, 2.45) is 10.7 Å². The highest BCUT2D eigenvalue weighted by Gasteiger charge is 2.31. The monoisotopic (exact) mass is 539 g/mol. The van der Waals surface area contributed by atoms with Crippen molar-refractivity contribution >= 4 is 40.2 Å². The number of benzene rings is 2. The average molecular weight is 539 g/mol. The minimum Gasteiger partial charge on any atom is -0.454 e. The Balaban J connectivity index is 2.39. The van der Waals surface area contributed by atoms with Crippen molar-refractivity contribution < 1.29 is 31.5 Å². The summed E-state index contributed by atoms with van der Waals surface area (Å²) in [4.78, 5) is 15.7. The Morgan fingerprint density at radius 1 is 1.17 bits per heavy atom. The Bertz CT molecular complexity index is 1030. The van der Waals surface area contributed by atoms with Crippen LogP contribution in [0.1, 0.15) is 12.5 Å². The van der Waals surface area contributed by atoms with Crippen molar-refractivity contribution in [3.63, 3.8) is 0 Å². The zero-order chi connectivity index (χ0) is 22.6. The van der Waals surface area contributed by atoms with E-state index in [9.17, 15) is 26.7 Å². The molecule has 0 fully saturated rings. The van der Waals surface area contributed by atoms with E-state index in [4.69, 9.17) is 10.5 Å². The lowest BCUT2D eigenvalue weighted by Crippen LogP contribution is -2.22. The van der Waals surface area contributed by atoms with Gasteiger partial charge >= 0.3 is 6.18 Å². The second kappa shape index (κ2) is 9.41. The largest absolute Gasteiger partial charge is 0.454 e. The number of carbonyl (C=O) groups excluding carboxylic acids is 1. The van der Waals surface area contributed by atoms with E-state index in [-0.39, 0.29) is 26.5 Å². The standard InChI is InChI=1S/C19H15F5IN3O2/c1-9(26)16(17(21)27-2)18(29)28-13-5-4-11(20)8-15(13)30-14-6-3-10(7-12(14)25)19(22,23)24/h3-8H,26H2,1-2H3,(H,28,29). The van der Waals surface area contributed by atoms with Gasteiger partial charge in [-0.1, -0.05) is 0 Å². The molecule has 0 radical (unpaired) electrons. The molecule has 0 saturated heterocycles. The number of halogens is 6. The predicted octanol–water partition coefficient (Wildman–Crippen LogP) is 5.41. The van der Waals surface area contributed by atoms with Gasteiger partial charge in [0, 0.05) is 18.8 Å². The lowest BCUT2D eigenvalue weighted by atomic mass is 10.2. The zero-order valence-electron chi connectivity index (χ0n) is 15.6. The van der Waals surface area contributed by atoms with E-state index in [1.165, 1.54) is 6.92 Å². The van der Waals surface area contributed by atoms with Crippen LogP contribution in [-0.4, -0.2) is 18.9 Å². The lowest BCUT2D eigenvalue weighted by molar-refractivity contribution is -0.137. The molecule has 0 atom stereocenters. The Labute approximate surface area is 182 Å². The summed E-state index contributed by atoms with van der Waals surface area (Å²) in [7, 11) is 1.13. The fourth-order valence-electron chi connectivity index (χ4n) is 2.29. The third-order valence-electron chi connectivity index (χ3n) is 3.69. The smallest absolute Gasteiger partial charge is 0.416 e. The molecule has 30 heavy (non-hydrogen) atoms. The highest BCUT2D eigenvalue weighted by atomic mass is 127. The molecule has 0 saturated carbocycles. The number of nitrogens with zero attached hydrogens (tertiary/aromatic N) is 1. The Hall–Kier alpha value is -2.70. The summed E-state index contributed by atoms with van der Waals surface area (Å²) in [5.41, 5.74) is 3.94. The molecule has 2 aromatic carbocycles. The van der Waals surface area contributed by atoms with E-state index in [0.717, 1.165) is 43.4 Å². The van der Waals surface area contributed by atoms with E-state index in [0.29, 0.717) is 0 Å². The first-order valence-electron chi connectivity index (χ1n) is 8.18. The SMILES string of the molecule is CN=C(F)C(C(=O)Nc1ccc(F)cc1Oc1ccc(C(F)(F)F)cc1I)=C(C)N. The lowest BCUT2D eigenvalue weighted by Gasteiger charge is -2.15. The van der Waals surface area contributed by atoms with Crippen molar-refractivity contribution in [3.05, 3.63) is 62.6 Å². The fraction of sp³-hybridized carbons (Fsp3) is 0.158. The molecule has 0 bridgehead atoms. The van der Waals surface area contributed by atoms with Gasteiger partial charge in [-0.3, -0.25) is 9.79 Å². The summed E-state index contributed by atoms with van der Waals surface area (Å²) >= 11 is 1.64. The Kier molecular flexibility index (Phi) is 7.39. The summed E-state index contributed by atoms with van der Waals surface area (Å²) in [6.07, 6.45) is -4.54. The molecule has 5 nitrogen and oxygen atoms in total. The molecular formula is C19H15F5IN3O2. The molecule has 0 aliphatic rings. The van der Waals surface area contributed by atoms with Gasteiger partial charge in [-0.05, 0) is 59.8 Å². The van der Waals surface area contributed by atoms with Gasteiger partial charge in [0.15, 0.2) is 5.75 Å². The van der Waals surface area contributed by atoms with Gasteiger partial charge in [-0.25, -0.2) is 4.39 Å². The van der Waals surface area contributed by atoms with Gasteiger partial charge in [0.1, 0.15) is 17.1 Å². The third kappa shape index (κ3) is 5.68. The number of nitrogens with two attached hydrogens (primary N) is 1. The zero-order valence-corrected chi connectivity index (χ0v) is 17.7. The van der Waals surface area contributed by atoms with Crippen LogP contribution in [0.15, 0.2) is 52.7 Å². The number of alkyl halides is 3. The summed E-state index contributed by atoms with van der Waals surface area (Å²) in [5, 5.41) is 2.34. The summed E-state index contributed by atoms with van der Waals surface area (Å²) in [6, 6.07) is 5.83. The van der Waals surface area contributed by atoms with Crippen LogP contribution in [-0.2, 0) is 11.0 Å². The fourth-order valence-corrected chi connectivity index (χ4v) is 2.92. The molecular weight excluding hydrogens is 524 g/mol. The first kappa shape index (κ1) is 23.6. The summed E-state index contributed by atoms with van der Waals surface area (Å²) in [6.45, 7) is 1.30. The third-order valence-corrected chi connectivity index (χ3v) is 4.54. The van der Waals surface area contributed by atoms with Gasteiger partial charge in [0.05, 0.1) is 14.8 Å². The maximum absolute atomic E-state index is 13.9. The van der Waals surface area contributed by atoms with Crippen molar-refractivity contribution in [2.45, 2.75) is 13.1 Å². The number of nitrogens with one attached hydrogen (secondary N) is 1. The van der Waals surface area contributed by atoms with Crippen LogP contribution in [0.2, 0.25) is 0 Å². The van der Waals surface area contributed by atoms with Gasteiger partial charge in [-0.15, -0.1) is 0 Å². The molecule has 0 aliphatic carbocycles. The van der Waals surface area contributed by atoms with Crippen LogP contribution in [0.4, 0.5) is 27.6 Å². The highest BCUT2D eigenvalue weighted by Crippen LogP contribution is 2.37. The quantitative estimate of drug-likeness (QED) is 0.231. The molecule has 3 N–H and O–H groups in total. The number of rotatable bonds is 5. The van der Waals surface area contributed by atoms with Crippen LogP contribution in [0, 0.1) is 9.39 Å². The van der Waals surface area contributed by atoms with Crippen LogP contribution < -0.4 is 15.8 Å². The summed E-state index contributed by atoms with van der Waals surface area (Å²) < 4.78 is 71.7. The molecule has 2 aromatic rings. The van der Waals surface area contributed by atoms with E-state index in [2.05, 4.69) is 10.3 Å². The number of allylic oxidation sites excluding steroid dienone is 1. The van der Waals surface area contributed by atoms with Crippen molar-refractivity contribution in [1.82, 2.24) is 0 Å². The van der Waals surface area contributed by atoms with Crippen LogP contribution in [0.25, 0.3) is 0 Å². The number of hydrogen-bond acceptors (Lipinski definition) is 4. The van der Waals surface area contributed by atoms with Gasteiger partial charge < -0.3 is 15.8 Å². The van der Waals surface area contributed by atoms with Crippen LogP contribution in [0.5, 0.6) is 11.5 Å². The molecule has 0 aliphatic heterocycles. The predicted molar refractivity (Wildman–Crippen MR) is 111 cm³/mol. The van der Waals surface area contributed by atoms with E-state index >= 15 is 0 Å². The van der Waals surface area contributed by atoms with E-state index in [1.807, 2.05) is 0 Å². The molecule has 2 rings (SSSR count). The number of hydrogen-bond donors (Lipinski definition) is 2. The molecule has 0 unspecified atom stereocenters. The minimum atomic E-state index is -4.54. The number of anilines is 1.